The van der Waals surface area contributed by atoms with Crippen LogP contribution in [0.2, 0.25) is 0 Å². The van der Waals surface area contributed by atoms with Crippen molar-refractivity contribution < 1.29 is 29.0 Å². The number of hydrogen-bond acceptors (Lipinski definition) is 6. The standard InChI is InChI=1S/C44H35N3O6S/c48-41(33-15-8-3-9-16-33)47-39(27-30-19-25-37(26-20-30)53-29-31-11-4-1-5-12-31)42(49)46-36-17-10-18-38(28-36)54-40(32-13-6-2-7-14-32)43(50)45-35-23-21-34(22-24-35)44(51)52/h1-28,40H,29H2,(H,45,50)(H,46,49)(H,47,48)(H,51,52)/b39-27-. The number of benzene rings is 6. The quantitative estimate of drug-likeness (QED) is 0.0649. The minimum Gasteiger partial charge on any atom is -0.489 e. The van der Waals surface area contributed by atoms with Crippen LogP contribution in [0.15, 0.2) is 174 Å². The molecule has 6 rings (SSSR count). The smallest absolute Gasteiger partial charge is 0.335 e. The molecule has 1 atom stereocenters. The number of carbonyl (C=O) groups is 4. The first kappa shape index (κ1) is 36.9. The van der Waals surface area contributed by atoms with Crippen molar-refractivity contribution in [3.63, 3.8) is 0 Å². The molecule has 0 fully saturated rings. The summed E-state index contributed by atoms with van der Waals surface area (Å²) in [5, 5.41) is 17.1. The molecular weight excluding hydrogens is 699 g/mol. The molecule has 0 aliphatic heterocycles. The fraction of sp³-hybridized carbons (Fsp3) is 0.0455. The van der Waals surface area contributed by atoms with Crippen molar-refractivity contribution in [3.05, 3.63) is 197 Å². The average Bonchev–Trinajstić information content (AvgIpc) is 3.20. The fourth-order valence-corrected chi connectivity index (χ4v) is 6.38. The third-order valence-electron chi connectivity index (χ3n) is 8.05. The zero-order chi connectivity index (χ0) is 37.7. The van der Waals surface area contributed by atoms with Crippen LogP contribution < -0.4 is 20.7 Å². The van der Waals surface area contributed by atoms with Gasteiger partial charge in [-0.15, -0.1) is 11.8 Å². The molecule has 0 aromatic heterocycles. The van der Waals surface area contributed by atoms with Crippen molar-refractivity contribution in [3.8, 4) is 5.75 Å². The van der Waals surface area contributed by atoms with Crippen LogP contribution in [0.25, 0.3) is 6.08 Å². The summed E-state index contributed by atoms with van der Waals surface area (Å²) >= 11 is 1.29. The van der Waals surface area contributed by atoms with Crippen molar-refractivity contribution in [2.24, 2.45) is 0 Å². The Bertz CT molecular complexity index is 2250. The predicted molar refractivity (Wildman–Crippen MR) is 211 cm³/mol. The van der Waals surface area contributed by atoms with Crippen molar-refractivity contribution in [1.29, 1.82) is 0 Å². The van der Waals surface area contributed by atoms with E-state index in [-0.39, 0.29) is 17.2 Å². The molecule has 54 heavy (non-hydrogen) atoms. The molecule has 0 heterocycles. The molecule has 1 unspecified atom stereocenters. The number of carbonyl (C=O) groups excluding carboxylic acids is 3. The van der Waals surface area contributed by atoms with Crippen molar-refractivity contribution in [2.75, 3.05) is 10.6 Å². The van der Waals surface area contributed by atoms with E-state index in [0.717, 1.165) is 11.1 Å². The van der Waals surface area contributed by atoms with E-state index in [2.05, 4.69) is 16.0 Å². The first-order chi connectivity index (χ1) is 26.3. The van der Waals surface area contributed by atoms with Crippen molar-refractivity contribution >= 4 is 52.9 Å². The van der Waals surface area contributed by atoms with E-state index in [1.54, 1.807) is 91.0 Å². The number of nitrogens with one attached hydrogen (secondary N) is 3. The highest BCUT2D eigenvalue weighted by Crippen LogP contribution is 2.37. The highest BCUT2D eigenvalue weighted by molar-refractivity contribution is 8.00. The van der Waals surface area contributed by atoms with Gasteiger partial charge in [-0.25, -0.2) is 4.79 Å². The molecule has 0 bridgehead atoms. The number of hydrogen-bond donors (Lipinski definition) is 4. The molecule has 4 N–H and O–H groups in total. The van der Waals surface area contributed by atoms with Gasteiger partial charge < -0.3 is 25.8 Å². The van der Waals surface area contributed by atoms with Crippen LogP contribution in [0.5, 0.6) is 5.75 Å². The minimum atomic E-state index is -1.06. The summed E-state index contributed by atoms with van der Waals surface area (Å²) in [7, 11) is 0. The summed E-state index contributed by atoms with van der Waals surface area (Å²) in [4.78, 5) is 52.6. The lowest BCUT2D eigenvalue weighted by Crippen LogP contribution is -2.30. The van der Waals surface area contributed by atoms with Gasteiger partial charge in [0.2, 0.25) is 5.91 Å². The second kappa shape index (κ2) is 18.0. The number of aromatic carboxylic acids is 1. The highest BCUT2D eigenvalue weighted by atomic mass is 32.2. The van der Waals surface area contributed by atoms with Crippen LogP contribution >= 0.6 is 11.8 Å². The lowest BCUT2D eigenvalue weighted by Gasteiger charge is -2.18. The van der Waals surface area contributed by atoms with E-state index < -0.39 is 23.0 Å². The first-order valence-electron chi connectivity index (χ1n) is 16.9. The molecule has 3 amide bonds. The minimum absolute atomic E-state index is 0.0234. The number of ether oxygens (including phenoxy) is 1. The van der Waals surface area contributed by atoms with Crippen LogP contribution in [0.3, 0.4) is 0 Å². The van der Waals surface area contributed by atoms with Gasteiger partial charge in [0.05, 0.1) is 5.56 Å². The van der Waals surface area contributed by atoms with Gasteiger partial charge in [-0.3, -0.25) is 14.4 Å². The van der Waals surface area contributed by atoms with Gasteiger partial charge >= 0.3 is 5.97 Å². The maximum atomic E-state index is 13.8. The fourth-order valence-electron chi connectivity index (χ4n) is 5.30. The molecular formula is C44H35N3O6S. The molecule has 0 aliphatic rings. The summed E-state index contributed by atoms with van der Waals surface area (Å²) < 4.78 is 5.91. The molecule has 0 radical (unpaired) electrons. The molecule has 0 saturated carbocycles. The summed E-state index contributed by atoms with van der Waals surface area (Å²) in [6.07, 6.45) is 1.59. The van der Waals surface area contributed by atoms with Crippen LogP contribution in [0.1, 0.15) is 42.7 Å². The normalized spacial score (nSPS) is 11.5. The average molecular weight is 734 g/mol. The zero-order valence-electron chi connectivity index (χ0n) is 28.8. The Morgan fingerprint density at radius 1 is 0.648 bits per heavy atom. The molecule has 0 aliphatic carbocycles. The van der Waals surface area contributed by atoms with Gasteiger partial charge in [0.15, 0.2) is 0 Å². The number of thioether (sulfide) groups is 1. The molecule has 0 saturated heterocycles. The first-order valence-corrected chi connectivity index (χ1v) is 17.8. The summed E-state index contributed by atoms with van der Waals surface area (Å²) in [6, 6.07) is 47.9. The third-order valence-corrected chi connectivity index (χ3v) is 9.30. The van der Waals surface area contributed by atoms with E-state index in [1.807, 2.05) is 66.7 Å². The molecule has 0 spiro atoms. The Hall–Kier alpha value is -6.91. The number of anilines is 2. The number of amides is 3. The SMILES string of the molecule is O=C(Nc1cccc(SC(C(=O)Nc2ccc(C(=O)O)cc2)c2ccccc2)c1)/C(=C/c1ccc(OCc2ccccc2)cc1)NC(=O)c1ccccc1. The number of carboxylic acids is 1. The summed E-state index contributed by atoms with van der Waals surface area (Å²) in [5.74, 6) is -1.71. The third kappa shape index (κ3) is 10.3. The van der Waals surface area contributed by atoms with Crippen molar-refractivity contribution in [1.82, 2.24) is 5.32 Å². The lowest BCUT2D eigenvalue weighted by molar-refractivity contribution is -0.116. The van der Waals surface area contributed by atoms with E-state index in [1.165, 1.54) is 23.9 Å². The van der Waals surface area contributed by atoms with Gasteiger partial charge in [-0.05, 0) is 89.5 Å². The molecule has 9 nitrogen and oxygen atoms in total. The monoisotopic (exact) mass is 733 g/mol. The summed E-state index contributed by atoms with van der Waals surface area (Å²) in [5.41, 5.74) is 3.89. The molecule has 6 aromatic rings. The number of carboxylic acid groups (broad SMARTS) is 1. The maximum Gasteiger partial charge on any atom is 0.335 e. The highest BCUT2D eigenvalue weighted by Gasteiger charge is 2.23. The topological polar surface area (TPSA) is 134 Å². The largest absolute Gasteiger partial charge is 0.489 e. The molecule has 6 aromatic carbocycles. The lowest BCUT2D eigenvalue weighted by atomic mass is 10.1. The van der Waals surface area contributed by atoms with Gasteiger partial charge in [-0.2, -0.15) is 0 Å². The maximum absolute atomic E-state index is 13.8. The Balaban J connectivity index is 1.20. The van der Waals surface area contributed by atoms with E-state index in [4.69, 9.17) is 4.74 Å². The van der Waals surface area contributed by atoms with Crippen LogP contribution in [0.4, 0.5) is 11.4 Å². The van der Waals surface area contributed by atoms with Gasteiger partial charge in [0, 0.05) is 21.8 Å². The van der Waals surface area contributed by atoms with Gasteiger partial charge in [0.25, 0.3) is 11.8 Å². The Morgan fingerprint density at radius 3 is 1.96 bits per heavy atom. The predicted octanol–water partition coefficient (Wildman–Crippen LogP) is 8.85. The molecule has 268 valence electrons. The Labute approximate surface area is 316 Å². The van der Waals surface area contributed by atoms with Gasteiger partial charge in [-0.1, -0.05) is 97.1 Å². The second-order valence-corrected chi connectivity index (χ2v) is 13.2. The van der Waals surface area contributed by atoms with Crippen LogP contribution in [-0.2, 0) is 16.2 Å². The van der Waals surface area contributed by atoms with Crippen LogP contribution in [-0.4, -0.2) is 28.8 Å². The summed E-state index contributed by atoms with van der Waals surface area (Å²) in [6.45, 7) is 0.410. The number of rotatable bonds is 14. The zero-order valence-corrected chi connectivity index (χ0v) is 29.7. The van der Waals surface area contributed by atoms with Crippen LogP contribution in [0, 0.1) is 0 Å². The van der Waals surface area contributed by atoms with E-state index in [9.17, 15) is 24.3 Å². The molecule has 10 heteroatoms. The Kier molecular flexibility index (Phi) is 12.3. The van der Waals surface area contributed by atoms with Crippen molar-refractivity contribution in [2.45, 2.75) is 16.8 Å². The Morgan fingerprint density at radius 2 is 1.30 bits per heavy atom. The van der Waals surface area contributed by atoms with Gasteiger partial charge in [0.1, 0.15) is 23.3 Å². The van der Waals surface area contributed by atoms with E-state index >= 15 is 0 Å². The van der Waals surface area contributed by atoms with E-state index in [0.29, 0.717) is 39.8 Å². The second-order valence-electron chi connectivity index (χ2n) is 12.0.